The van der Waals surface area contributed by atoms with Gasteiger partial charge in [-0.2, -0.15) is 22.7 Å². The molecule has 0 aliphatic heterocycles. The molecule has 0 fully saturated rings. The Hall–Kier alpha value is -2.98. The number of aromatic nitrogens is 2. The van der Waals surface area contributed by atoms with Gasteiger partial charge in [-0.3, -0.25) is 5.32 Å². The number of carbonyl (C=O) groups excluding carboxylic acids is 1. The van der Waals surface area contributed by atoms with Crippen molar-refractivity contribution in [2.75, 3.05) is 10.6 Å². The van der Waals surface area contributed by atoms with Crippen molar-refractivity contribution >= 4 is 17.5 Å². The molecule has 0 aliphatic carbocycles. The molecule has 0 spiro atoms. The van der Waals surface area contributed by atoms with Crippen LogP contribution in [0.1, 0.15) is 0 Å². The summed E-state index contributed by atoms with van der Waals surface area (Å²) in [5.74, 6) is -0.565. The van der Waals surface area contributed by atoms with E-state index in [1.807, 2.05) is 0 Å². The van der Waals surface area contributed by atoms with Crippen LogP contribution in [0, 0.1) is 0 Å². The van der Waals surface area contributed by atoms with Gasteiger partial charge in [0.05, 0.1) is 5.69 Å². The number of para-hydroxylation sites is 2. The number of amides is 2. The summed E-state index contributed by atoms with van der Waals surface area (Å²) in [5, 5.41) is 8.29. The van der Waals surface area contributed by atoms with E-state index in [1.165, 1.54) is 31.3 Å². The van der Waals surface area contributed by atoms with Gasteiger partial charge in [0.25, 0.3) is 0 Å². The molecule has 2 amide bonds. The molecule has 0 radical (unpaired) electrons. The molecule has 0 saturated heterocycles. The van der Waals surface area contributed by atoms with E-state index in [4.69, 9.17) is 0 Å². The van der Waals surface area contributed by atoms with Crippen LogP contribution in [-0.4, -0.2) is 29.0 Å². The van der Waals surface area contributed by atoms with Crippen molar-refractivity contribution in [2.24, 2.45) is 7.05 Å². The summed E-state index contributed by atoms with van der Waals surface area (Å²) in [7, 11) is 1.34. The van der Waals surface area contributed by atoms with Gasteiger partial charge in [0.15, 0.2) is 5.82 Å². The molecular weight excluding hydrogens is 336 g/mol. The summed E-state index contributed by atoms with van der Waals surface area (Å²) in [4.78, 5) is 11.9. The lowest BCUT2D eigenvalue weighted by molar-refractivity contribution is -0.0553. The molecule has 7 nitrogen and oxygen atoms in total. The number of anilines is 2. The summed E-state index contributed by atoms with van der Waals surface area (Å²) in [6, 6.07) is 5.80. The van der Waals surface area contributed by atoms with Crippen LogP contribution in [-0.2, 0) is 7.05 Å². The molecule has 1 aromatic heterocycles. The van der Waals surface area contributed by atoms with Crippen molar-refractivity contribution in [2.45, 2.75) is 13.2 Å². The van der Waals surface area contributed by atoms with Gasteiger partial charge in [0.2, 0.25) is 5.88 Å². The fourth-order valence-electron chi connectivity index (χ4n) is 1.75. The Balaban J connectivity index is 2.04. The van der Waals surface area contributed by atoms with E-state index in [0.717, 1.165) is 10.7 Å². The van der Waals surface area contributed by atoms with Crippen LogP contribution in [0.2, 0.25) is 0 Å². The maximum atomic E-state index is 12.3. The van der Waals surface area contributed by atoms with E-state index < -0.39 is 19.3 Å². The Morgan fingerprint density at radius 2 is 1.79 bits per heavy atom. The molecule has 24 heavy (non-hydrogen) atoms. The summed E-state index contributed by atoms with van der Waals surface area (Å²) in [6.45, 7) is -6.10. The van der Waals surface area contributed by atoms with Crippen LogP contribution in [0.3, 0.4) is 0 Å². The third-order valence-corrected chi connectivity index (χ3v) is 2.64. The monoisotopic (exact) mass is 348 g/mol. The second kappa shape index (κ2) is 7.53. The van der Waals surface area contributed by atoms with E-state index >= 15 is 0 Å². The number of carbonyl (C=O) groups is 1. The van der Waals surface area contributed by atoms with Gasteiger partial charge in [-0.1, -0.05) is 12.1 Å². The lowest BCUT2D eigenvalue weighted by Crippen LogP contribution is -2.20. The Morgan fingerprint density at radius 1 is 1.12 bits per heavy atom. The topological polar surface area (TPSA) is 77.4 Å². The fraction of sp³-hybridized carbons (Fsp3) is 0.231. The maximum absolute atomic E-state index is 12.3. The summed E-state index contributed by atoms with van der Waals surface area (Å²) in [5.41, 5.74) is -0.00437. The van der Waals surface area contributed by atoms with Gasteiger partial charge in [0, 0.05) is 13.1 Å². The molecule has 0 saturated carbocycles. The van der Waals surface area contributed by atoms with E-state index in [1.54, 1.807) is 0 Å². The van der Waals surface area contributed by atoms with E-state index in [9.17, 15) is 22.4 Å². The average molecular weight is 348 g/mol. The Bertz CT molecular complexity index is 708. The average Bonchev–Trinajstić information content (AvgIpc) is 2.79. The largest absolute Gasteiger partial charge is 0.433 e. The number of benzene rings is 1. The molecular formula is C13H12F4N4O3. The zero-order valence-corrected chi connectivity index (χ0v) is 12.2. The maximum Gasteiger partial charge on any atom is 0.388 e. The van der Waals surface area contributed by atoms with Gasteiger partial charge in [-0.25, -0.2) is 9.48 Å². The molecule has 11 heteroatoms. The summed E-state index contributed by atoms with van der Waals surface area (Å²) in [6.07, 6.45) is 0. The zero-order chi connectivity index (χ0) is 17.7. The van der Waals surface area contributed by atoms with Crippen molar-refractivity contribution in [3.05, 3.63) is 30.3 Å². The molecule has 1 aromatic carbocycles. The van der Waals surface area contributed by atoms with E-state index in [-0.39, 0.29) is 23.1 Å². The van der Waals surface area contributed by atoms with Crippen molar-refractivity contribution in [3.8, 4) is 11.6 Å². The number of alkyl halides is 4. The first-order valence-corrected chi connectivity index (χ1v) is 6.46. The number of nitrogens with zero attached hydrogens (tertiary/aromatic N) is 2. The molecule has 2 rings (SSSR count). The van der Waals surface area contributed by atoms with Crippen LogP contribution in [0.15, 0.2) is 30.3 Å². The van der Waals surface area contributed by atoms with Crippen LogP contribution < -0.4 is 20.1 Å². The zero-order valence-electron chi connectivity index (χ0n) is 12.2. The minimum atomic E-state index is -3.05. The standard InChI is InChI=1S/C13H12F4N4O3/c1-21-10(24-12(16)17)6-9(20-21)19-13(22)18-7-4-2-3-5-8(7)23-11(14)15/h2-6,11-12H,1H3,(H2,18,19,20,22). The molecule has 2 N–H and O–H groups in total. The quantitative estimate of drug-likeness (QED) is 0.786. The highest BCUT2D eigenvalue weighted by molar-refractivity contribution is 6.00. The molecule has 2 aromatic rings. The molecule has 0 aliphatic rings. The Labute approximate surface area is 133 Å². The van der Waals surface area contributed by atoms with Crippen LogP contribution in [0.5, 0.6) is 11.6 Å². The first-order chi connectivity index (χ1) is 11.3. The Morgan fingerprint density at radius 3 is 2.46 bits per heavy atom. The van der Waals surface area contributed by atoms with Gasteiger partial charge >= 0.3 is 19.3 Å². The lowest BCUT2D eigenvalue weighted by atomic mass is 10.3. The number of rotatable bonds is 6. The van der Waals surface area contributed by atoms with Crippen molar-refractivity contribution in [1.82, 2.24) is 9.78 Å². The summed E-state index contributed by atoms with van der Waals surface area (Å²) >= 11 is 0. The predicted octanol–water partition coefficient (Wildman–Crippen LogP) is 3.27. The fourth-order valence-corrected chi connectivity index (χ4v) is 1.75. The second-order valence-corrected chi connectivity index (χ2v) is 4.32. The van der Waals surface area contributed by atoms with Gasteiger partial charge < -0.3 is 14.8 Å². The summed E-state index contributed by atoms with van der Waals surface area (Å²) < 4.78 is 58.4. The van der Waals surface area contributed by atoms with Gasteiger partial charge in [-0.05, 0) is 12.1 Å². The number of halogens is 4. The normalized spacial score (nSPS) is 10.8. The minimum absolute atomic E-state index is 0.00437. The molecule has 1 heterocycles. The third kappa shape index (κ3) is 4.76. The van der Waals surface area contributed by atoms with Crippen molar-refractivity contribution in [3.63, 3.8) is 0 Å². The SMILES string of the molecule is Cn1nc(NC(=O)Nc2ccccc2OC(F)F)cc1OC(F)F. The van der Waals surface area contributed by atoms with Crippen molar-refractivity contribution < 1.29 is 31.8 Å². The van der Waals surface area contributed by atoms with Crippen molar-refractivity contribution in [1.29, 1.82) is 0 Å². The molecule has 0 atom stereocenters. The lowest BCUT2D eigenvalue weighted by Gasteiger charge is -2.11. The van der Waals surface area contributed by atoms with Crippen LogP contribution in [0.4, 0.5) is 33.9 Å². The number of hydrogen-bond donors (Lipinski definition) is 2. The van der Waals surface area contributed by atoms with Gasteiger partial charge in [0.1, 0.15) is 5.75 Å². The predicted molar refractivity (Wildman–Crippen MR) is 75.6 cm³/mol. The van der Waals surface area contributed by atoms with E-state index in [0.29, 0.717) is 0 Å². The van der Waals surface area contributed by atoms with Crippen LogP contribution in [0.25, 0.3) is 0 Å². The van der Waals surface area contributed by atoms with E-state index in [2.05, 4.69) is 25.2 Å². The van der Waals surface area contributed by atoms with Gasteiger partial charge in [-0.15, -0.1) is 0 Å². The first kappa shape index (κ1) is 17.4. The molecule has 0 unspecified atom stereocenters. The first-order valence-electron chi connectivity index (χ1n) is 6.46. The third-order valence-electron chi connectivity index (χ3n) is 2.64. The number of nitrogens with one attached hydrogen (secondary N) is 2. The molecule has 130 valence electrons. The second-order valence-electron chi connectivity index (χ2n) is 4.32. The number of ether oxygens (including phenoxy) is 2. The molecule has 0 bridgehead atoms. The Kier molecular flexibility index (Phi) is 5.45. The smallest absolute Gasteiger partial charge is 0.388 e. The highest BCUT2D eigenvalue weighted by Gasteiger charge is 2.15. The number of urea groups is 1. The highest BCUT2D eigenvalue weighted by atomic mass is 19.3. The van der Waals surface area contributed by atoms with Crippen LogP contribution >= 0.6 is 0 Å². The number of aryl methyl sites for hydroxylation is 1. The number of hydrogen-bond acceptors (Lipinski definition) is 4. The highest BCUT2D eigenvalue weighted by Crippen LogP contribution is 2.26. The minimum Gasteiger partial charge on any atom is -0.433 e.